The molecule has 0 aromatic heterocycles. The van der Waals surface area contributed by atoms with E-state index < -0.39 is 34.2 Å². The van der Waals surface area contributed by atoms with Gasteiger partial charge in [0.05, 0.1) is 12.7 Å². The standard InChI is InChI=1S/C8H17F3O3Si/c1-12-15(13-2,14-3)6-8(11)7(10)4-5-9/h7-8H,4-6H2,1-3H3. The molecule has 0 aromatic rings. The van der Waals surface area contributed by atoms with Crippen LogP contribution in [0.5, 0.6) is 0 Å². The molecule has 0 aliphatic rings. The van der Waals surface area contributed by atoms with Crippen molar-refractivity contribution in [3.05, 3.63) is 0 Å². The zero-order valence-electron chi connectivity index (χ0n) is 9.13. The maximum absolute atomic E-state index is 13.3. The van der Waals surface area contributed by atoms with Crippen molar-refractivity contribution in [3.63, 3.8) is 0 Å². The maximum atomic E-state index is 13.3. The van der Waals surface area contributed by atoms with Crippen LogP contribution in [-0.2, 0) is 13.3 Å². The minimum Gasteiger partial charge on any atom is -0.377 e. The van der Waals surface area contributed by atoms with Crippen molar-refractivity contribution in [3.8, 4) is 0 Å². The van der Waals surface area contributed by atoms with Crippen LogP contribution in [0.15, 0.2) is 0 Å². The summed E-state index contributed by atoms with van der Waals surface area (Å²) in [4.78, 5) is 0. The normalized spacial score (nSPS) is 16.4. The molecule has 0 aliphatic carbocycles. The van der Waals surface area contributed by atoms with Gasteiger partial charge in [0, 0.05) is 27.8 Å². The van der Waals surface area contributed by atoms with Gasteiger partial charge in [-0.05, 0) is 0 Å². The molecule has 0 radical (unpaired) electrons. The van der Waals surface area contributed by atoms with E-state index in [1.807, 2.05) is 0 Å². The molecule has 15 heavy (non-hydrogen) atoms. The fraction of sp³-hybridized carbons (Fsp3) is 1.00. The Labute approximate surface area is 88.9 Å². The second kappa shape index (κ2) is 7.21. The van der Waals surface area contributed by atoms with E-state index in [0.29, 0.717) is 0 Å². The average Bonchev–Trinajstić information content (AvgIpc) is 2.26. The number of rotatable bonds is 8. The molecule has 0 amide bonds. The zero-order chi connectivity index (χ0) is 11.9. The van der Waals surface area contributed by atoms with E-state index in [1.165, 1.54) is 21.3 Å². The van der Waals surface area contributed by atoms with Crippen molar-refractivity contribution < 1.29 is 26.4 Å². The minimum absolute atomic E-state index is 0.308. The van der Waals surface area contributed by atoms with Gasteiger partial charge in [-0.25, -0.2) is 8.78 Å². The highest BCUT2D eigenvalue weighted by molar-refractivity contribution is 6.60. The van der Waals surface area contributed by atoms with Crippen molar-refractivity contribution in [2.75, 3.05) is 28.0 Å². The third kappa shape index (κ3) is 4.50. The molecule has 0 bridgehead atoms. The smallest absolute Gasteiger partial charge is 0.377 e. The molecule has 2 atom stereocenters. The van der Waals surface area contributed by atoms with Crippen LogP contribution in [0.1, 0.15) is 6.42 Å². The summed E-state index contributed by atoms with van der Waals surface area (Å²) in [5, 5.41) is 0. The van der Waals surface area contributed by atoms with E-state index in [0.717, 1.165) is 0 Å². The molecule has 0 spiro atoms. The monoisotopic (exact) mass is 246 g/mol. The Morgan fingerprint density at radius 3 is 1.80 bits per heavy atom. The maximum Gasteiger partial charge on any atom is 0.503 e. The highest BCUT2D eigenvalue weighted by Gasteiger charge is 2.43. The Balaban J connectivity index is 4.27. The number of hydrogen-bond acceptors (Lipinski definition) is 3. The number of hydrogen-bond donors (Lipinski definition) is 0. The van der Waals surface area contributed by atoms with Gasteiger partial charge in [0.25, 0.3) is 0 Å². The molecular formula is C8H17F3O3Si. The summed E-state index contributed by atoms with van der Waals surface area (Å²) in [6, 6.07) is -0.308. The van der Waals surface area contributed by atoms with Crippen molar-refractivity contribution in [2.24, 2.45) is 0 Å². The quantitative estimate of drug-likeness (QED) is 0.612. The van der Waals surface area contributed by atoms with Crippen LogP contribution in [0.25, 0.3) is 0 Å². The lowest BCUT2D eigenvalue weighted by Gasteiger charge is -2.26. The van der Waals surface area contributed by atoms with Crippen LogP contribution < -0.4 is 0 Å². The van der Waals surface area contributed by atoms with E-state index in [9.17, 15) is 13.2 Å². The first kappa shape index (κ1) is 14.9. The summed E-state index contributed by atoms with van der Waals surface area (Å²) in [5.74, 6) is 0. The van der Waals surface area contributed by atoms with E-state index in [1.54, 1.807) is 0 Å². The summed E-state index contributed by atoms with van der Waals surface area (Å²) >= 11 is 0. The fourth-order valence-corrected chi connectivity index (χ4v) is 2.89. The molecule has 0 saturated carbocycles. The third-order valence-corrected chi connectivity index (χ3v) is 4.91. The molecule has 92 valence electrons. The molecule has 2 unspecified atom stereocenters. The Kier molecular flexibility index (Phi) is 7.15. The van der Waals surface area contributed by atoms with E-state index in [4.69, 9.17) is 13.3 Å². The minimum atomic E-state index is -3.11. The molecule has 0 rings (SSSR count). The molecule has 3 nitrogen and oxygen atoms in total. The topological polar surface area (TPSA) is 27.7 Å². The summed E-state index contributed by atoms with van der Waals surface area (Å²) in [6.45, 7) is -0.886. The highest BCUT2D eigenvalue weighted by Crippen LogP contribution is 2.22. The average molecular weight is 246 g/mol. The van der Waals surface area contributed by atoms with Crippen molar-refractivity contribution in [2.45, 2.75) is 24.8 Å². The van der Waals surface area contributed by atoms with Gasteiger partial charge in [-0.2, -0.15) is 0 Å². The van der Waals surface area contributed by atoms with Crippen LogP contribution in [0, 0.1) is 0 Å². The second-order valence-electron chi connectivity index (χ2n) is 3.01. The first-order chi connectivity index (χ1) is 7.05. The van der Waals surface area contributed by atoms with Crippen molar-refractivity contribution in [1.29, 1.82) is 0 Å². The van der Waals surface area contributed by atoms with Gasteiger partial charge in [-0.3, -0.25) is 4.39 Å². The molecule has 0 heterocycles. The van der Waals surface area contributed by atoms with Gasteiger partial charge < -0.3 is 13.3 Å². The van der Waals surface area contributed by atoms with Gasteiger partial charge in [-0.1, -0.05) is 0 Å². The first-order valence-corrected chi connectivity index (χ1v) is 6.48. The molecule has 0 N–H and O–H groups in total. The Hall–Kier alpha value is -0.113. The van der Waals surface area contributed by atoms with Crippen LogP contribution in [0.2, 0.25) is 6.04 Å². The van der Waals surface area contributed by atoms with Crippen LogP contribution in [-0.4, -0.2) is 49.2 Å². The van der Waals surface area contributed by atoms with E-state index >= 15 is 0 Å². The van der Waals surface area contributed by atoms with Gasteiger partial charge in [-0.15, -0.1) is 0 Å². The van der Waals surface area contributed by atoms with Gasteiger partial charge in [0.1, 0.15) is 12.3 Å². The largest absolute Gasteiger partial charge is 0.503 e. The summed E-state index contributed by atoms with van der Waals surface area (Å²) in [6.07, 6.45) is -4.13. The first-order valence-electron chi connectivity index (χ1n) is 4.54. The van der Waals surface area contributed by atoms with Crippen molar-refractivity contribution in [1.82, 2.24) is 0 Å². The summed E-state index contributed by atoms with van der Waals surface area (Å²) in [7, 11) is 0.832. The highest BCUT2D eigenvalue weighted by atomic mass is 28.4. The third-order valence-electron chi connectivity index (χ3n) is 2.16. The number of halogens is 3. The molecule has 0 saturated heterocycles. The predicted molar refractivity (Wildman–Crippen MR) is 52.0 cm³/mol. The zero-order valence-corrected chi connectivity index (χ0v) is 10.1. The van der Waals surface area contributed by atoms with Gasteiger partial charge in [0.2, 0.25) is 0 Å². The summed E-state index contributed by atoms with van der Waals surface area (Å²) in [5.41, 5.74) is 0. The van der Waals surface area contributed by atoms with E-state index in [2.05, 4.69) is 0 Å². The fourth-order valence-electron chi connectivity index (χ4n) is 1.15. The van der Waals surface area contributed by atoms with Crippen LogP contribution in [0.4, 0.5) is 13.2 Å². The Bertz CT molecular complexity index is 161. The molecule has 7 heteroatoms. The van der Waals surface area contributed by atoms with Crippen molar-refractivity contribution >= 4 is 8.80 Å². The van der Waals surface area contributed by atoms with Gasteiger partial charge >= 0.3 is 8.80 Å². The van der Waals surface area contributed by atoms with Gasteiger partial charge in [0.15, 0.2) is 0 Å². The lowest BCUT2D eigenvalue weighted by atomic mass is 10.2. The van der Waals surface area contributed by atoms with E-state index in [-0.39, 0.29) is 6.04 Å². The van der Waals surface area contributed by atoms with Crippen LogP contribution in [0.3, 0.4) is 0 Å². The Morgan fingerprint density at radius 1 is 1.00 bits per heavy atom. The Morgan fingerprint density at radius 2 is 1.47 bits per heavy atom. The second-order valence-corrected chi connectivity index (χ2v) is 6.01. The lowest BCUT2D eigenvalue weighted by Crippen LogP contribution is -2.46. The molecule has 0 aromatic carbocycles. The lowest BCUT2D eigenvalue weighted by molar-refractivity contribution is 0.0938. The predicted octanol–water partition coefficient (Wildman–Crippen LogP) is 1.90. The number of alkyl halides is 3. The molecular weight excluding hydrogens is 229 g/mol. The van der Waals surface area contributed by atoms with Crippen LogP contribution >= 0.6 is 0 Å². The summed E-state index contributed by atoms with van der Waals surface area (Å²) < 4.78 is 52.9. The molecule has 0 fully saturated rings. The molecule has 0 aliphatic heterocycles. The SMILES string of the molecule is CO[Si](CC(F)C(F)CCF)(OC)OC.